The van der Waals surface area contributed by atoms with Crippen LogP contribution in [0.25, 0.3) is 10.8 Å². The molecule has 0 bridgehead atoms. The molecule has 2 N–H and O–H groups in total. The Kier molecular flexibility index (Phi) is 6.02. The number of amides is 1. The number of carbonyl (C=O) groups is 2. The van der Waals surface area contributed by atoms with E-state index in [-0.39, 0.29) is 18.1 Å². The highest BCUT2D eigenvalue weighted by molar-refractivity contribution is 7.99. The number of furan rings is 1. The molecule has 0 unspecified atom stereocenters. The first kappa shape index (κ1) is 16.6. The molecule has 0 aliphatic heterocycles. The van der Waals surface area contributed by atoms with Gasteiger partial charge in [-0.25, -0.2) is 4.98 Å². The molecule has 2 rings (SSSR count). The molecule has 1 amide bonds. The predicted molar refractivity (Wildman–Crippen MR) is 86.2 cm³/mol. The van der Waals surface area contributed by atoms with E-state index in [1.165, 1.54) is 23.1 Å². The number of hydrogen-bond acceptors (Lipinski definition) is 6. The van der Waals surface area contributed by atoms with Gasteiger partial charge in [-0.15, -0.1) is 23.1 Å². The predicted octanol–water partition coefficient (Wildman–Crippen LogP) is 2.19. The Labute approximate surface area is 135 Å². The Hall–Kier alpha value is -1.80. The fourth-order valence-corrected chi connectivity index (χ4v) is 3.04. The van der Waals surface area contributed by atoms with Crippen LogP contribution >= 0.6 is 23.1 Å². The van der Waals surface area contributed by atoms with Crippen molar-refractivity contribution in [2.75, 3.05) is 18.1 Å². The Morgan fingerprint density at radius 1 is 1.45 bits per heavy atom. The van der Waals surface area contributed by atoms with Crippen molar-refractivity contribution in [3.8, 4) is 10.8 Å². The van der Waals surface area contributed by atoms with Crippen LogP contribution in [0.15, 0.2) is 21.9 Å². The number of thiazole rings is 1. The SMILES string of the molecule is Cc1ccc(-c2nc(CC(=O)NCCSCC(=O)O)cs2)o1. The molecule has 0 aromatic carbocycles. The Bertz CT molecular complexity index is 651. The van der Waals surface area contributed by atoms with Gasteiger partial charge in [-0.1, -0.05) is 0 Å². The van der Waals surface area contributed by atoms with Crippen LogP contribution in [0.1, 0.15) is 11.5 Å². The van der Waals surface area contributed by atoms with Crippen molar-refractivity contribution in [2.45, 2.75) is 13.3 Å². The number of hydrogen-bond donors (Lipinski definition) is 2. The molecule has 22 heavy (non-hydrogen) atoms. The van der Waals surface area contributed by atoms with Gasteiger partial charge in [0.25, 0.3) is 0 Å². The zero-order chi connectivity index (χ0) is 15.9. The number of aryl methyl sites for hydroxylation is 1. The van der Waals surface area contributed by atoms with Crippen LogP contribution in [0.5, 0.6) is 0 Å². The minimum Gasteiger partial charge on any atom is -0.481 e. The number of aliphatic carboxylic acids is 1. The lowest BCUT2D eigenvalue weighted by Gasteiger charge is -2.02. The van der Waals surface area contributed by atoms with Crippen LogP contribution in [0.3, 0.4) is 0 Å². The largest absolute Gasteiger partial charge is 0.481 e. The first-order valence-corrected chi connectivity index (χ1v) is 8.65. The minimum absolute atomic E-state index is 0.0495. The third-order valence-electron chi connectivity index (χ3n) is 2.64. The number of nitrogens with zero attached hydrogens (tertiary/aromatic N) is 1. The normalized spacial score (nSPS) is 10.6. The quantitative estimate of drug-likeness (QED) is 0.716. The van der Waals surface area contributed by atoms with Crippen LogP contribution in [-0.2, 0) is 16.0 Å². The third-order valence-corrected chi connectivity index (χ3v) is 4.49. The smallest absolute Gasteiger partial charge is 0.313 e. The summed E-state index contributed by atoms with van der Waals surface area (Å²) in [4.78, 5) is 26.5. The molecule has 0 atom stereocenters. The lowest BCUT2D eigenvalue weighted by Crippen LogP contribution is -2.27. The van der Waals surface area contributed by atoms with Gasteiger partial charge < -0.3 is 14.8 Å². The summed E-state index contributed by atoms with van der Waals surface area (Å²) in [5.74, 6) is 1.19. The molecule has 8 heteroatoms. The number of carboxylic acid groups (broad SMARTS) is 1. The van der Waals surface area contributed by atoms with Crippen molar-refractivity contribution < 1.29 is 19.1 Å². The lowest BCUT2D eigenvalue weighted by molar-refractivity contribution is -0.133. The molecule has 2 aromatic heterocycles. The molecular weight excluding hydrogens is 324 g/mol. The second kappa shape index (κ2) is 8.00. The molecule has 118 valence electrons. The molecule has 0 spiro atoms. The van der Waals surface area contributed by atoms with Crippen LogP contribution in [0.2, 0.25) is 0 Å². The van der Waals surface area contributed by atoms with Gasteiger partial charge in [0, 0.05) is 17.7 Å². The maximum Gasteiger partial charge on any atom is 0.313 e. The van der Waals surface area contributed by atoms with Gasteiger partial charge in [0.2, 0.25) is 5.91 Å². The van der Waals surface area contributed by atoms with Gasteiger partial charge in [0.15, 0.2) is 10.8 Å². The highest BCUT2D eigenvalue weighted by atomic mass is 32.2. The van der Waals surface area contributed by atoms with Crippen molar-refractivity contribution in [2.24, 2.45) is 0 Å². The zero-order valence-electron chi connectivity index (χ0n) is 12.0. The van der Waals surface area contributed by atoms with E-state index in [9.17, 15) is 9.59 Å². The standard InChI is InChI=1S/C14H16N2O4S2/c1-9-2-3-11(20-9)14-16-10(7-22-14)6-12(17)15-4-5-21-8-13(18)19/h2-3,7H,4-6,8H2,1H3,(H,15,17)(H,18,19). The van der Waals surface area contributed by atoms with E-state index in [2.05, 4.69) is 10.3 Å². The van der Waals surface area contributed by atoms with Crippen LogP contribution < -0.4 is 5.32 Å². The zero-order valence-corrected chi connectivity index (χ0v) is 13.6. The second-order valence-electron chi connectivity index (χ2n) is 4.53. The van der Waals surface area contributed by atoms with Crippen molar-refractivity contribution in [3.63, 3.8) is 0 Å². The van der Waals surface area contributed by atoms with E-state index in [0.717, 1.165) is 10.8 Å². The molecular formula is C14H16N2O4S2. The molecule has 0 fully saturated rings. The minimum atomic E-state index is -0.848. The molecule has 0 aliphatic rings. The monoisotopic (exact) mass is 340 g/mol. The molecule has 6 nitrogen and oxygen atoms in total. The number of aromatic nitrogens is 1. The maximum atomic E-state index is 11.8. The van der Waals surface area contributed by atoms with E-state index >= 15 is 0 Å². The number of rotatable bonds is 8. The summed E-state index contributed by atoms with van der Waals surface area (Å²) in [5.41, 5.74) is 0.699. The summed E-state index contributed by atoms with van der Waals surface area (Å²) >= 11 is 2.71. The Morgan fingerprint density at radius 3 is 2.95 bits per heavy atom. The van der Waals surface area contributed by atoms with Gasteiger partial charge >= 0.3 is 5.97 Å². The fourth-order valence-electron chi connectivity index (χ4n) is 1.70. The van der Waals surface area contributed by atoms with Gasteiger partial charge in [0.05, 0.1) is 17.9 Å². The van der Waals surface area contributed by atoms with Crippen LogP contribution in [0, 0.1) is 6.92 Å². The first-order valence-electron chi connectivity index (χ1n) is 6.62. The van der Waals surface area contributed by atoms with Crippen LogP contribution in [-0.4, -0.2) is 40.0 Å². The number of carboxylic acids is 1. The summed E-state index contributed by atoms with van der Waals surface area (Å²) in [6, 6.07) is 3.73. The average molecular weight is 340 g/mol. The van der Waals surface area contributed by atoms with Gasteiger partial charge in [-0.2, -0.15) is 0 Å². The molecule has 0 aliphatic carbocycles. The summed E-state index contributed by atoms with van der Waals surface area (Å²) in [6.45, 7) is 2.32. The van der Waals surface area contributed by atoms with E-state index in [1.807, 2.05) is 24.4 Å². The van der Waals surface area contributed by atoms with Gasteiger partial charge in [-0.3, -0.25) is 9.59 Å². The number of carbonyl (C=O) groups excluding carboxylic acids is 1. The molecule has 0 saturated heterocycles. The molecule has 0 radical (unpaired) electrons. The highest BCUT2D eigenvalue weighted by Crippen LogP contribution is 2.25. The third kappa shape index (κ3) is 5.19. The summed E-state index contributed by atoms with van der Waals surface area (Å²) in [6.07, 6.45) is 0.208. The molecule has 0 saturated carbocycles. The summed E-state index contributed by atoms with van der Waals surface area (Å²) in [7, 11) is 0. The first-order chi connectivity index (χ1) is 10.5. The summed E-state index contributed by atoms with van der Waals surface area (Å²) in [5, 5.41) is 13.8. The average Bonchev–Trinajstić information content (AvgIpc) is 3.07. The molecule has 2 aromatic rings. The van der Waals surface area contributed by atoms with E-state index in [4.69, 9.17) is 9.52 Å². The second-order valence-corrected chi connectivity index (χ2v) is 6.49. The van der Waals surface area contributed by atoms with E-state index in [1.54, 1.807) is 0 Å². The van der Waals surface area contributed by atoms with Gasteiger partial charge in [-0.05, 0) is 19.1 Å². The van der Waals surface area contributed by atoms with E-state index < -0.39 is 5.97 Å². The van der Waals surface area contributed by atoms with Crippen molar-refractivity contribution in [1.82, 2.24) is 10.3 Å². The fraction of sp³-hybridized carbons (Fsp3) is 0.357. The maximum absolute atomic E-state index is 11.8. The molecule has 2 heterocycles. The lowest BCUT2D eigenvalue weighted by atomic mass is 10.3. The van der Waals surface area contributed by atoms with Gasteiger partial charge in [0.1, 0.15) is 5.76 Å². The van der Waals surface area contributed by atoms with Crippen molar-refractivity contribution in [3.05, 3.63) is 29.0 Å². The van der Waals surface area contributed by atoms with Crippen molar-refractivity contribution in [1.29, 1.82) is 0 Å². The van der Waals surface area contributed by atoms with Crippen molar-refractivity contribution >= 4 is 35.0 Å². The number of thioether (sulfide) groups is 1. The number of nitrogens with one attached hydrogen (secondary N) is 1. The Balaban J connectivity index is 1.75. The van der Waals surface area contributed by atoms with E-state index in [0.29, 0.717) is 23.8 Å². The summed E-state index contributed by atoms with van der Waals surface area (Å²) < 4.78 is 5.50. The topological polar surface area (TPSA) is 92.4 Å². The Morgan fingerprint density at radius 2 is 2.27 bits per heavy atom. The highest BCUT2D eigenvalue weighted by Gasteiger charge is 2.11. The van der Waals surface area contributed by atoms with Crippen LogP contribution in [0.4, 0.5) is 0 Å².